The fourth-order valence-corrected chi connectivity index (χ4v) is 4.10. The molecule has 4 amide bonds. The first-order valence-electron chi connectivity index (χ1n) is 13.6. The number of nitrogens with zero attached hydrogens (tertiary/aromatic N) is 1. The van der Waals surface area contributed by atoms with Crippen molar-refractivity contribution in [1.29, 1.82) is 0 Å². The topological polar surface area (TPSA) is 151 Å². The van der Waals surface area contributed by atoms with Crippen LogP contribution < -0.4 is 16.4 Å². The SMILES string of the molecule is CCCCCN(C(=O)C(CCC(N)=O)NC(=O)OC(C)(C)C)C(C(=O)NCc1ccccc1)c1ccc(O)cc1. The number of aromatic hydroxyl groups is 1. The quantitative estimate of drug-likeness (QED) is 0.260. The lowest BCUT2D eigenvalue weighted by Gasteiger charge is -2.34. The van der Waals surface area contributed by atoms with Crippen LogP contribution in [0, 0.1) is 0 Å². The van der Waals surface area contributed by atoms with E-state index in [1.807, 2.05) is 37.3 Å². The van der Waals surface area contributed by atoms with Gasteiger partial charge < -0.3 is 31.1 Å². The Kier molecular flexibility index (Phi) is 12.4. The maximum Gasteiger partial charge on any atom is 0.408 e. The first kappa shape index (κ1) is 32.1. The Morgan fingerprint density at radius 2 is 1.65 bits per heavy atom. The van der Waals surface area contributed by atoms with Crippen molar-refractivity contribution in [3.63, 3.8) is 0 Å². The second-order valence-corrected chi connectivity index (χ2v) is 10.6. The minimum Gasteiger partial charge on any atom is -0.508 e. The Bertz CT molecular complexity index is 1120. The van der Waals surface area contributed by atoms with Crippen LogP contribution in [0.2, 0.25) is 0 Å². The number of nitrogens with one attached hydrogen (secondary N) is 2. The number of phenolic OH excluding ortho intramolecular Hbond substituents is 1. The third kappa shape index (κ3) is 11.0. The molecule has 2 atom stereocenters. The predicted molar refractivity (Wildman–Crippen MR) is 152 cm³/mol. The molecule has 0 bridgehead atoms. The van der Waals surface area contributed by atoms with Gasteiger partial charge in [-0.15, -0.1) is 0 Å². The van der Waals surface area contributed by atoms with Crippen LogP contribution in [0.4, 0.5) is 4.79 Å². The van der Waals surface area contributed by atoms with E-state index in [1.54, 1.807) is 32.9 Å². The average Bonchev–Trinajstić information content (AvgIpc) is 2.89. The summed E-state index contributed by atoms with van der Waals surface area (Å²) in [5, 5.41) is 15.4. The molecule has 0 saturated carbocycles. The second-order valence-electron chi connectivity index (χ2n) is 10.6. The van der Waals surface area contributed by atoms with Gasteiger partial charge in [0.05, 0.1) is 0 Å². The fourth-order valence-electron chi connectivity index (χ4n) is 4.10. The summed E-state index contributed by atoms with van der Waals surface area (Å²) < 4.78 is 5.35. The lowest BCUT2D eigenvalue weighted by molar-refractivity contribution is -0.143. The van der Waals surface area contributed by atoms with Crippen molar-refractivity contribution >= 4 is 23.8 Å². The molecule has 0 spiro atoms. The van der Waals surface area contributed by atoms with Crippen LogP contribution in [-0.2, 0) is 25.7 Å². The number of phenols is 1. The van der Waals surface area contributed by atoms with E-state index in [1.165, 1.54) is 17.0 Å². The molecule has 0 heterocycles. The van der Waals surface area contributed by atoms with E-state index in [9.17, 15) is 24.3 Å². The Morgan fingerprint density at radius 3 is 2.23 bits per heavy atom. The number of alkyl carbamates (subject to hydrolysis) is 1. The molecular weight excluding hydrogens is 512 g/mol. The number of hydrogen-bond acceptors (Lipinski definition) is 6. The third-order valence-electron chi connectivity index (χ3n) is 6.03. The largest absolute Gasteiger partial charge is 0.508 e. The zero-order valence-electron chi connectivity index (χ0n) is 23.8. The van der Waals surface area contributed by atoms with E-state index in [4.69, 9.17) is 10.5 Å². The molecule has 2 unspecified atom stereocenters. The standard InChI is InChI=1S/C30H42N4O6/c1-5-6-10-19-34(28(38)24(17-18-25(31)36)33-29(39)40-30(2,3)4)26(22-13-15-23(35)16-14-22)27(37)32-20-21-11-8-7-9-12-21/h7-9,11-16,24,26,35H,5-6,10,17-20H2,1-4H3,(H2,31,36)(H,32,37)(H,33,39). The zero-order valence-corrected chi connectivity index (χ0v) is 23.8. The van der Waals surface area contributed by atoms with Crippen molar-refractivity contribution in [2.45, 2.75) is 84.0 Å². The fraction of sp³-hybridized carbons (Fsp3) is 0.467. The molecule has 0 fully saturated rings. The van der Waals surface area contributed by atoms with Gasteiger partial charge in [-0.05, 0) is 56.9 Å². The number of unbranched alkanes of at least 4 members (excludes halogenated alkanes) is 2. The van der Waals surface area contributed by atoms with Gasteiger partial charge in [-0.3, -0.25) is 14.4 Å². The zero-order chi connectivity index (χ0) is 29.7. The van der Waals surface area contributed by atoms with E-state index < -0.39 is 41.5 Å². The third-order valence-corrected chi connectivity index (χ3v) is 6.03. The molecule has 0 saturated heterocycles. The number of rotatable bonds is 14. The highest BCUT2D eigenvalue weighted by molar-refractivity contribution is 5.92. The molecule has 2 rings (SSSR count). The summed E-state index contributed by atoms with van der Waals surface area (Å²) in [5.41, 5.74) is 5.92. The van der Waals surface area contributed by atoms with E-state index in [-0.39, 0.29) is 31.7 Å². The first-order valence-corrected chi connectivity index (χ1v) is 13.6. The maximum absolute atomic E-state index is 14.1. The number of carbonyl (C=O) groups excluding carboxylic acids is 4. The summed E-state index contributed by atoms with van der Waals surface area (Å²) in [7, 11) is 0. The van der Waals surface area contributed by atoms with Gasteiger partial charge in [-0.2, -0.15) is 0 Å². The molecule has 0 aliphatic heterocycles. The summed E-state index contributed by atoms with van der Waals surface area (Å²) in [5.74, 6) is -1.58. The van der Waals surface area contributed by atoms with E-state index in [2.05, 4.69) is 10.6 Å². The van der Waals surface area contributed by atoms with Crippen molar-refractivity contribution in [3.8, 4) is 5.75 Å². The molecule has 218 valence electrons. The number of nitrogens with two attached hydrogens (primary N) is 1. The van der Waals surface area contributed by atoms with Gasteiger partial charge in [0.1, 0.15) is 23.4 Å². The van der Waals surface area contributed by atoms with E-state index in [0.29, 0.717) is 12.0 Å². The Balaban J connectivity index is 2.46. The van der Waals surface area contributed by atoms with E-state index in [0.717, 1.165) is 18.4 Å². The number of hydrogen-bond donors (Lipinski definition) is 4. The van der Waals surface area contributed by atoms with E-state index >= 15 is 0 Å². The number of amides is 4. The highest BCUT2D eigenvalue weighted by Crippen LogP contribution is 2.26. The summed E-state index contributed by atoms with van der Waals surface area (Å²) in [6, 6.07) is 13.2. The van der Waals surface area contributed by atoms with Crippen LogP contribution in [0.15, 0.2) is 54.6 Å². The molecule has 2 aromatic rings. The van der Waals surface area contributed by atoms with Crippen LogP contribution in [0.3, 0.4) is 0 Å². The highest BCUT2D eigenvalue weighted by Gasteiger charge is 2.36. The Labute approximate surface area is 236 Å². The van der Waals surface area contributed by atoms with Crippen LogP contribution in [-0.4, -0.2) is 52.0 Å². The van der Waals surface area contributed by atoms with Crippen molar-refractivity contribution in [2.24, 2.45) is 5.73 Å². The van der Waals surface area contributed by atoms with Crippen LogP contribution in [0.25, 0.3) is 0 Å². The van der Waals surface area contributed by atoms with Crippen molar-refractivity contribution in [2.75, 3.05) is 6.54 Å². The maximum atomic E-state index is 14.1. The molecule has 10 heteroatoms. The second kappa shape index (κ2) is 15.5. The lowest BCUT2D eigenvalue weighted by Crippen LogP contribution is -2.53. The number of benzene rings is 2. The van der Waals surface area contributed by atoms with Crippen LogP contribution in [0.1, 0.15) is 77.0 Å². The van der Waals surface area contributed by atoms with Gasteiger partial charge in [-0.1, -0.05) is 62.2 Å². The van der Waals surface area contributed by atoms with Gasteiger partial charge in [0.25, 0.3) is 0 Å². The van der Waals surface area contributed by atoms with Gasteiger partial charge in [0.15, 0.2) is 0 Å². The lowest BCUT2D eigenvalue weighted by atomic mass is 10.0. The molecule has 5 N–H and O–H groups in total. The minimum atomic E-state index is -1.16. The minimum absolute atomic E-state index is 0.0157. The van der Waals surface area contributed by atoms with Gasteiger partial charge >= 0.3 is 6.09 Å². The molecule has 10 nitrogen and oxygen atoms in total. The van der Waals surface area contributed by atoms with Crippen molar-refractivity contribution in [1.82, 2.24) is 15.5 Å². The monoisotopic (exact) mass is 554 g/mol. The van der Waals surface area contributed by atoms with Crippen LogP contribution in [0.5, 0.6) is 5.75 Å². The molecule has 40 heavy (non-hydrogen) atoms. The summed E-state index contributed by atoms with van der Waals surface area (Å²) in [6.07, 6.45) is 1.26. The smallest absolute Gasteiger partial charge is 0.408 e. The summed E-state index contributed by atoms with van der Waals surface area (Å²) in [4.78, 5) is 53.5. The average molecular weight is 555 g/mol. The first-order chi connectivity index (χ1) is 18.9. The number of ether oxygens (including phenoxy) is 1. The molecule has 0 aromatic heterocycles. The molecule has 2 aromatic carbocycles. The van der Waals surface area contributed by atoms with Crippen molar-refractivity contribution in [3.05, 3.63) is 65.7 Å². The molecule has 0 aliphatic rings. The number of primary amides is 1. The van der Waals surface area contributed by atoms with Crippen LogP contribution >= 0.6 is 0 Å². The van der Waals surface area contributed by atoms with Gasteiger partial charge in [-0.25, -0.2) is 4.79 Å². The summed E-state index contributed by atoms with van der Waals surface area (Å²) >= 11 is 0. The number of carbonyl (C=O) groups is 4. The normalized spacial score (nSPS) is 12.6. The molecule has 0 radical (unpaired) electrons. The summed E-state index contributed by atoms with van der Waals surface area (Å²) in [6.45, 7) is 7.58. The van der Waals surface area contributed by atoms with Gasteiger partial charge in [0, 0.05) is 19.5 Å². The van der Waals surface area contributed by atoms with Gasteiger partial charge in [0.2, 0.25) is 17.7 Å². The molecular formula is C30H42N4O6. The highest BCUT2D eigenvalue weighted by atomic mass is 16.6. The van der Waals surface area contributed by atoms with Crippen molar-refractivity contribution < 1.29 is 29.0 Å². The Morgan fingerprint density at radius 1 is 1.00 bits per heavy atom. The Hall–Kier alpha value is -4.08. The molecule has 0 aliphatic carbocycles. The predicted octanol–water partition coefficient (Wildman–Crippen LogP) is 3.93.